The Balaban J connectivity index is 1.30. The molecule has 1 amide bonds. The van der Waals surface area contributed by atoms with Gasteiger partial charge in [0.1, 0.15) is 5.75 Å². The van der Waals surface area contributed by atoms with Crippen molar-refractivity contribution in [1.82, 2.24) is 14.3 Å². The molecule has 0 unspecified atom stereocenters. The summed E-state index contributed by atoms with van der Waals surface area (Å²) in [7, 11) is 0. The van der Waals surface area contributed by atoms with Crippen molar-refractivity contribution in [3.63, 3.8) is 0 Å². The first-order chi connectivity index (χ1) is 16.0. The van der Waals surface area contributed by atoms with Gasteiger partial charge in [0.25, 0.3) is 11.1 Å². The number of rotatable bonds is 7. The molecule has 0 saturated carbocycles. The van der Waals surface area contributed by atoms with E-state index >= 15 is 0 Å². The minimum absolute atomic E-state index is 0.0415. The Morgan fingerprint density at radius 3 is 2.42 bits per heavy atom. The van der Waals surface area contributed by atoms with Crippen LogP contribution in [0.4, 0.5) is 0 Å². The lowest BCUT2D eigenvalue weighted by atomic mass is 9.96. The van der Waals surface area contributed by atoms with E-state index in [-0.39, 0.29) is 17.8 Å². The third-order valence-corrected chi connectivity index (χ3v) is 6.27. The van der Waals surface area contributed by atoms with E-state index in [0.717, 1.165) is 11.4 Å². The molecular formula is C25H27N3O4S. The summed E-state index contributed by atoms with van der Waals surface area (Å²) in [5.41, 5.74) is 2.96. The van der Waals surface area contributed by atoms with Gasteiger partial charge in [-0.2, -0.15) is 9.36 Å². The van der Waals surface area contributed by atoms with E-state index in [2.05, 4.69) is 40.5 Å². The Morgan fingerprint density at radius 1 is 1.06 bits per heavy atom. The van der Waals surface area contributed by atoms with Crippen LogP contribution in [-0.4, -0.2) is 45.8 Å². The quantitative estimate of drug-likeness (QED) is 0.473. The van der Waals surface area contributed by atoms with Crippen LogP contribution in [-0.2, 0) is 16.0 Å². The molecule has 1 aromatic heterocycles. The average Bonchev–Trinajstić information content (AvgIpc) is 3.27. The van der Waals surface area contributed by atoms with E-state index in [1.165, 1.54) is 17.1 Å². The van der Waals surface area contributed by atoms with E-state index in [9.17, 15) is 9.59 Å². The fourth-order valence-electron chi connectivity index (χ4n) is 3.77. The third kappa shape index (κ3) is 5.96. The van der Waals surface area contributed by atoms with E-state index in [0.29, 0.717) is 55.5 Å². The first kappa shape index (κ1) is 22.9. The number of piperidine rings is 1. The van der Waals surface area contributed by atoms with Gasteiger partial charge >= 0.3 is 5.97 Å². The van der Waals surface area contributed by atoms with E-state index < -0.39 is 0 Å². The Kier molecular flexibility index (Phi) is 7.34. The molecule has 8 heteroatoms. The maximum Gasteiger partial charge on any atom is 0.309 e. The Bertz CT molecular complexity index is 1090. The predicted molar refractivity (Wildman–Crippen MR) is 126 cm³/mol. The molecule has 1 aliphatic rings. The molecule has 7 nitrogen and oxygen atoms in total. The summed E-state index contributed by atoms with van der Waals surface area (Å²) in [4.78, 5) is 31.0. The van der Waals surface area contributed by atoms with Crippen LogP contribution in [0.15, 0.2) is 48.5 Å². The summed E-state index contributed by atoms with van der Waals surface area (Å²) in [6.07, 6.45) is 1.92. The second-order valence-electron chi connectivity index (χ2n) is 8.08. The van der Waals surface area contributed by atoms with Crippen LogP contribution in [0.5, 0.6) is 10.9 Å². The number of amides is 1. The molecule has 0 N–H and O–H groups in total. The molecule has 1 fully saturated rings. The van der Waals surface area contributed by atoms with Gasteiger partial charge in [-0.05, 0) is 56.5 Å². The number of aromatic nitrogens is 2. The smallest absolute Gasteiger partial charge is 0.309 e. The second-order valence-corrected chi connectivity index (χ2v) is 8.80. The average molecular weight is 466 g/mol. The van der Waals surface area contributed by atoms with Crippen molar-refractivity contribution in [2.45, 2.75) is 33.1 Å². The highest BCUT2D eigenvalue weighted by molar-refractivity contribution is 7.07. The van der Waals surface area contributed by atoms with Gasteiger partial charge < -0.3 is 14.4 Å². The monoisotopic (exact) mass is 465 g/mol. The van der Waals surface area contributed by atoms with E-state index in [1.54, 1.807) is 36.1 Å². The number of aryl methyl sites for hydroxylation is 1. The van der Waals surface area contributed by atoms with Crippen molar-refractivity contribution in [2.75, 3.05) is 19.7 Å². The van der Waals surface area contributed by atoms with Crippen molar-refractivity contribution in [3.05, 3.63) is 71.0 Å². The second kappa shape index (κ2) is 10.6. The van der Waals surface area contributed by atoms with Crippen molar-refractivity contribution in [3.8, 4) is 10.9 Å². The lowest BCUT2D eigenvalue weighted by molar-refractivity contribution is -0.149. The van der Waals surface area contributed by atoms with Gasteiger partial charge in [0.05, 0.1) is 12.5 Å². The van der Waals surface area contributed by atoms with Gasteiger partial charge in [-0.3, -0.25) is 9.59 Å². The number of carbonyl (C=O) groups excluding carboxylic acids is 2. The predicted octanol–water partition coefficient (Wildman–Crippen LogP) is 4.64. The normalized spacial score (nSPS) is 14.2. The number of benzene rings is 2. The van der Waals surface area contributed by atoms with Gasteiger partial charge in [-0.25, -0.2) is 0 Å². The van der Waals surface area contributed by atoms with Crippen molar-refractivity contribution >= 4 is 23.4 Å². The first-order valence-corrected chi connectivity index (χ1v) is 11.9. The summed E-state index contributed by atoms with van der Waals surface area (Å²) < 4.78 is 15.3. The van der Waals surface area contributed by atoms with Crippen molar-refractivity contribution < 1.29 is 19.1 Å². The van der Waals surface area contributed by atoms with Crippen LogP contribution in [0.25, 0.3) is 0 Å². The standard InChI is InChI=1S/C25H27N3O4S/c1-3-31-24(30)20-12-14-28(15-13-20)23(29)19-8-10-21(11-9-19)32-25-26-22(27-33-25)16-18-6-4-17(2)5-7-18/h4-11,20H,3,12-16H2,1-2H3. The van der Waals surface area contributed by atoms with Crippen LogP contribution in [0, 0.1) is 12.8 Å². The Morgan fingerprint density at radius 2 is 1.76 bits per heavy atom. The maximum atomic E-state index is 12.8. The summed E-state index contributed by atoms with van der Waals surface area (Å²) in [6, 6.07) is 15.3. The summed E-state index contributed by atoms with van der Waals surface area (Å²) in [6.45, 7) is 5.35. The molecule has 33 heavy (non-hydrogen) atoms. The zero-order chi connectivity index (χ0) is 23.2. The topological polar surface area (TPSA) is 81.6 Å². The summed E-state index contributed by atoms with van der Waals surface area (Å²) in [5, 5.41) is 0.470. The number of likely N-dealkylation sites (tertiary alicyclic amines) is 1. The zero-order valence-corrected chi connectivity index (χ0v) is 19.6. The number of esters is 1. The molecule has 1 saturated heterocycles. The number of nitrogens with zero attached hydrogens (tertiary/aromatic N) is 3. The zero-order valence-electron chi connectivity index (χ0n) is 18.8. The number of hydrogen-bond acceptors (Lipinski definition) is 7. The van der Waals surface area contributed by atoms with Gasteiger partial charge in [0, 0.05) is 36.6 Å². The Hall–Kier alpha value is -3.26. The minimum atomic E-state index is -0.162. The highest BCUT2D eigenvalue weighted by Gasteiger charge is 2.28. The van der Waals surface area contributed by atoms with Crippen LogP contribution in [0.3, 0.4) is 0 Å². The largest absolute Gasteiger partial charge is 0.466 e. The van der Waals surface area contributed by atoms with Crippen LogP contribution in [0.2, 0.25) is 0 Å². The van der Waals surface area contributed by atoms with Gasteiger partial charge in [-0.15, -0.1) is 0 Å². The molecule has 0 spiro atoms. The molecule has 0 atom stereocenters. The minimum Gasteiger partial charge on any atom is -0.466 e. The molecule has 0 radical (unpaired) electrons. The van der Waals surface area contributed by atoms with Crippen LogP contribution >= 0.6 is 11.5 Å². The molecule has 2 heterocycles. The third-order valence-electron chi connectivity index (χ3n) is 5.64. The van der Waals surface area contributed by atoms with E-state index in [4.69, 9.17) is 9.47 Å². The number of carbonyl (C=O) groups is 2. The highest BCUT2D eigenvalue weighted by Crippen LogP contribution is 2.25. The molecule has 172 valence electrons. The van der Waals surface area contributed by atoms with Gasteiger partial charge in [0.2, 0.25) is 0 Å². The summed E-state index contributed by atoms with van der Waals surface area (Å²) >= 11 is 1.21. The van der Waals surface area contributed by atoms with Crippen LogP contribution < -0.4 is 4.74 Å². The van der Waals surface area contributed by atoms with Gasteiger partial charge in [-0.1, -0.05) is 29.8 Å². The van der Waals surface area contributed by atoms with E-state index in [1.807, 2.05) is 0 Å². The molecule has 4 rings (SSSR count). The molecule has 1 aliphatic heterocycles. The first-order valence-electron chi connectivity index (χ1n) is 11.1. The van der Waals surface area contributed by atoms with Crippen molar-refractivity contribution in [1.29, 1.82) is 0 Å². The SMILES string of the molecule is CCOC(=O)C1CCN(C(=O)c2ccc(Oc3nc(Cc4ccc(C)cc4)ns3)cc2)CC1. The molecular weight excluding hydrogens is 438 g/mol. The van der Waals surface area contributed by atoms with Gasteiger partial charge in [0.15, 0.2) is 5.82 Å². The fourth-order valence-corrected chi connectivity index (χ4v) is 4.34. The fraction of sp³-hybridized carbons (Fsp3) is 0.360. The number of ether oxygens (including phenoxy) is 2. The molecule has 2 aromatic carbocycles. The highest BCUT2D eigenvalue weighted by atomic mass is 32.1. The molecule has 3 aromatic rings. The van der Waals surface area contributed by atoms with Crippen molar-refractivity contribution in [2.24, 2.45) is 5.92 Å². The lowest BCUT2D eigenvalue weighted by Crippen LogP contribution is -2.40. The molecule has 0 bridgehead atoms. The molecule has 0 aliphatic carbocycles. The lowest BCUT2D eigenvalue weighted by Gasteiger charge is -2.31. The Labute approximate surface area is 197 Å². The summed E-state index contributed by atoms with van der Waals surface area (Å²) in [5.74, 6) is 1.00. The van der Waals surface area contributed by atoms with Crippen LogP contribution in [0.1, 0.15) is 47.1 Å². The maximum absolute atomic E-state index is 12.8. The number of hydrogen-bond donors (Lipinski definition) is 0.